The fourth-order valence-corrected chi connectivity index (χ4v) is 5.43. The molecule has 3 aromatic rings. The van der Waals surface area contributed by atoms with Crippen molar-refractivity contribution in [2.75, 3.05) is 7.05 Å². The lowest BCUT2D eigenvalue weighted by atomic mass is 9.94. The summed E-state index contributed by atoms with van der Waals surface area (Å²) >= 11 is 0. The highest BCUT2D eigenvalue weighted by atomic mass is 19.1. The van der Waals surface area contributed by atoms with Crippen LogP contribution in [0.4, 0.5) is 4.39 Å². The largest absolute Gasteiger partial charge is 0.336 e. The lowest BCUT2D eigenvalue weighted by Gasteiger charge is -2.30. The molecule has 2 aromatic heterocycles. The summed E-state index contributed by atoms with van der Waals surface area (Å²) in [4.78, 5) is 21.3. The highest BCUT2D eigenvalue weighted by molar-refractivity contribution is 5.98. The summed E-state index contributed by atoms with van der Waals surface area (Å²) < 4.78 is 16.8. The minimum absolute atomic E-state index is 0.0262. The molecule has 3 fully saturated rings. The first-order chi connectivity index (χ1) is 15.5. The number of fused-ring (bicyclic) bond motifs is 3. The van der Waals surface area contributed by atoms with Crippen LogP contribution in [0.2, 0.25) is 0 Å². The molecule has 0 radical (unpaired) electrons. The Bertz CT molecular complexity index is 1280. The number of carbonyl (C=O) groups is 1. The average molecular weight is 430 g/mol. The quantitative estimate of drug-likeness (QED) is 0.591. The fourth-order valence-electron chi connectivity index (χ4n) is 5.43. The number of halogens is 1. The lowest BCUT2D eigenvalue weighted by Crippen LogP contribution is -2.44. The van der Waals surface area contributed by atoms with Crippen molar-refractivity contribution in [2.45, 2.75) is 56.1 Å². The van der Waals surface area contributed by atoms with Crippen LogP contribution in [0.1, 0.15) is 54.1 Å². The number of carbonyl (C=O) groups excluding carboxylic acids is 1. The van der Waals surface area contributed by atoms with E-state index in [0.29, 0.717) is 22.6 Å². The van der Waals surface area contributed by atoms with Crippen LogP contribution in [0.5, 0.6) is 0 Å². The maximum Gasteiger partial charge on any atom is 0.256 e. The van der Waals surface area contributed by atoms with Crippen LogP contribution in [0, 0.1) is 17.3 Å². The van der Waals surface area contributed by atoms with E-state index in [1.165, 1.54) is 6.07 Å². The number of rotatable bonds is 4. The first kappa shape index (κ1) is 19.2. The molecule has 0 unspecified atom stereocenters. The van der Waals surface area contributed by atoms with Crippen molar-refractivity contribution in [3.8, 4) is 12.0 Å². The van der Waals surface area contributed by atoms with Crippen LogP contribution in [0.25, 0.3) is 16.7 Å². The van der Waals surface area contributed by atoms with E-state index >= 15 is 4.39 Å². The second-order valence-corrected chi connectivity index (χ2v) is 9.17. The number of likely N-dealkylation sites (N-methyl/N-ethyl adjacent to an activating group) is 1. The first-order valence-electron chi connectivity index (χ1n) is 11.1. The lowest BCUT2D eigenvalue weighted by molar-refractivity contribution is 0.0695. The maximum atomic E-state index is 15.2. The molecule has 8 heteroatoms. The van der Waals surface area contributed by atoms with Gasteiger partial charge in [-0.2, -0.15) is 10.4 Å². The molecular weight excluding hydrogens is 407 g/mol. The predicted molar refractivity (Wildman–Crippen MR) is 116 cm³/mol. The summed E-state index contributed by atoms with van der Waals surface area (Å²) in [5.41, 5.74) is 1.65. The van der Waals surface area contributed by atoms with Crippen molar-refractivity contribution in [3.63, 3.8) is 0 Å². The third kappa shape index (κ3) is 2.88. The van der Waals surface area contributed by atoms with E-state index in [-0.39, 0.29) is 29.6 Å². The number of pyridine rings is 1. The fraction of sp³-hybridized carbons (Fsp3) is 0.417. The number of amides is 1. The zero-order valence-electron chi connectivity index (χ0n) is 17.8. The molecule has 32 heavy (non-hydrogen) atoms. The monoisotopic (exact) mass is 430 g/mol. The number of hydrogen-bond donors (Lipinski definition) is 0. The van der Waals surface area contributed by atoms with Gasteiger partial charge in [0.15, 0.2) is 12.0 Å². The average Bonchev–Trinajstić information content (AvgIpc) is 3.35. The second kappa shape index (κ2) is 7.02. The Morgan fingerprint density at radius 2 is 2.09 bits per heavy atom. The number of aromatic nitrogens is 3. The van der Waals surface area contributed by atoms with Gasteiger partial charge in [0.05, 0.1) is 29.4 Å². The highest BCUT2D eigenvalue weighted by Crippen LogP contribution is 2.40. The van der Waals surface area contributed by atoms with Gasteiger partial charge in [0, 0.05) is 36.2 Å². The summed E-state index contributed by atoms with van der Waals surface area (Å²) in [5.74, 6) is 0.228. The Kier molecular flexibility index (Phi) is 4.22. The molecule has 2 bridgehead atoms. The van der Waals surface area contributed by atoms with Crippen molar-refractivity contribution in [1.82, 2.24) is 24.6 Å². The number of hydrogen-bond acceptors (Lipinski definition) is 5. The smallest absolute Gasteiger partial charge is 0.256 e. The summed E-state index contributed by atoms with van der Waals surface area (Å²) in [6, 6.07) is 8.92. The Labute approximate surface area is 185 Å². The van der Waals surface area contributed by atoms with Crippen LogP contribution >= 0.6 is 0 Å². The van der Waals surface area contributed by atoms with Gasteiger partial charge in [0.25, 0.3) is 5.91 Å². The van der Waals surface area contributed by atoms with Gasteiger partial charge in [-0.25, -0.2) is 14.1 Å². The normalized spacial score (nSPS) is 24.2. The summed E-state index contributed by atoms with van der Waals surface area (Å²) in [5, 5.41) is 14.5. The van der Waals surface area contributed by atoms with Crippen LogP contribution in [0.15, 0.2) is 36.5 Å². The van der Waals surface area contributed by atoms with E-state index in [2.05, 4.69) is 11.3 Å². The molecule has 1 aromatic carbocycles. The van der Waals surface area contributed by atoms with Crippen molar-refractivity contribution in [3.05, 3.63) is 53.6 Å². The van der Waals surface area contributed by atoms with Crippen molar-refractivity contribution < 1.29 is 9.18 Å². The maximum absolute atomic E-state index is 15.2. The van der Waals surface area contributed by atoms with Gasteiger partial charge in [-0.05, 0) is 50.3 Å². The standard InChI is InChI=1S/C24H23FN6O/c1-29(22-10-16-7-8-20(22)30(16)13-26)24(32)17-9-15-12-27-31(21(15)11-18(17)25)23-4-2-3-19(28-23)14-5-6-14/h2-4,9,11-12,14,16,20,22H,5-8,10H2,1H3/t16-,20+,22+/m0/s1. The minimum Gasteiger partial charge on any atom is -0.336 e. The van der Waals surface area contributed by atoms with E-state index in [9.17, 15) is 10.1 Å². The van der Waals surface area contributed by atoms with E-state index in [4.69, 9.17) is 4.98 Å². The number of nitriles is 1. The van der Waals surface area contributed by atoms with Gasteiger partial charge in [0.2, 0.25) is 0 Å². The van der Waals surface area contributed by atoms with Crippen molar-refractivity contribution in [2.24, 2.45) is 0 Å². The molecule has 1 aliphatic carbocycles. The van der Waals surface area contributed by atoms with Crippen LogP contribution in [-0.2, 0) is 0 Å². The van der Waals surface area contributed by atoms with Gasteiger partial charge in [0.1, 0.15) is 5.82 Å². The SMILES string of the molecule is CN(C(=O)c1cc2cnn(-c3cccc(C4CC4)n3)c2cc1F)[C@@H]1C[C@@H]2CC[C@H]1N2C#N. The molecule has 0 spiro atoms. The first-order valence-corrected chi connectivity index (χ1v) is 11.1. The van der Waals surface area contributed by atoms with E-state index in [1.807, 2.05) is 18.2 Å². The molecule has 2 saturated heterocycles. The Hall–Kier alpha value is -3.47. The summed E-state index contributed by atoms with van der Waals surface area (Å²) in [7, 11) is 1.71. The predicted octanol–water partition coefficient (Wildman–Crippen LogP) is 3.60. The van der Waals surface area contributed by atoms with Crippen molar-refractivity contribution >= 4 is 16.8 Å². The van der Waals surface area contributed by atoms with Crippen LogP contribution < -0.4 is 0 Å². The zero-order valence-corrected chi connectivity index (χ0v) is 17.8. The molecule has 1 saturated carbocycles. The molecule has 4 heterocycles. The highest BCUT2D eigenvalue weighted by Gasteiger charge is 2.48. The van der Waals surface area contributed by atoms with Gasteiger partial charge >= 0.3 is 0 Å². The van der Waals surface area contributed by atoms with Gasteiger partial charge < -0.3 is 9.80 Å². The van der Waals surface area contributed by atoms with Crippen LogP contribution in [-0.4, -0.2) is 55.6 Å². The molecule has 3 atom stereocenters. The summed E-state index contributed by atoms with van der Waals surface area (Å²) in [6.07, 6.45) is 8.83. The zero-order chi connectivity index (χ0) is 22.0. The molecule has 162 valence electrons. The minimum atomic E-state index is -0.574. The third-order valence-corrected chi connectivity index (χ3v) is 7.29. The van der Waals surface area contributed by atoms with Gasteiger partial charge in [-0.1, -0.05) is 6.07 Å². The molecule has 3 aliphatic rings. The van der Waals surface area contributed by atoms with E-state index < -0.39 is 5.82 Å². The molecule has 2 aliphatic heterocycles. The van der Waals surface area contributed by atoms with Crippen molar-refractivity contribution in [1.29, 1.82) is 5.26 Å². The molecule has 1 amide bonds. The number of benzene rings is 1. The Morgan fingerprint density at radius 3 is 2.84 bits per heavy atom. The Balaban J connectivity index is 1.31. The molecular formula is C24H23FN6O. The summed E-state index contributed by atoms with van der Waals surface area (Å²) in [6.45, 7) is 0. The van der Waals surface area contributed by atoms with Gasteiger partial charge in [-0.15, -0.1) is 0 Å². The van der Waals surface area contributed by atoms with E-state index in [0.717, 1.165) is 37.8 Å². The second-order valence-electron chi connectivity index (χ2n) is 9.17. The van der Waals surface area contributed by atoms with Gasteiger partial charge in [-0.3, -0.25) is 4.79 Å². The molecule has 0 N–H and O–H groups in total. The molecule has 6 rings (SSSR count). The number of nitrogens with zero attached hydrogens (tertiary/aromatic N) is 6. The third-order valence-electron chi connectivity index (χ3n) is 7.29. The molecule has 7 nitrogen and oxygen atoms in total. The topological polar surface area (TPSA) is 78.1 Å². The Morgan fingerprint density at radius 1 is 1.25 bits per heavy atom. The van der Waals surface area contributed by atoms with Crippen LogP contribution in [0.3, 0.4) is 0 Å². The van der Waals surface area contributed by atoms with E-state index in [1.54, 1.807) is 33.8 Å².